The predicted octanol–water partition coefficient (Wildman–Crippen LogP) is 1.96. The number of ether oxygens (including phenoxy) is 1. The number of hydrogen-bond donors (Lipinski definition) is 1. The fourth-order valence-corrected chi connectivity index (χ4v) is 1.02. The number of hydrogen-bond acceptors (Lipinski definition) is 2. The molecule has 0 aliphatic rings. The smallest absolute Gasteiger partial charge is 0.370 e. The van der Waals surface area contributed by atoms with Gasteiger partial charge in [-0.1, -0.05) is 6.92 Å². The molecule has 0 rings (SSSR count). The van der Waals surface area contributed by atoms with E-state index in [1.807, 2.05) is 6.92 Å². The van der Waals surface area contributed by atoms with E-state index in [2.05, 4.69) is 21.9 Å². The third-order valence-corrected chi connectivity index (χ3v) is 1.60. The van der Waals surface area contributed by atoms with E-state index < -0.39 is 12.8 Å². The summed E-state index contributed by atoms with van der Waals surface area (Å²) in [6.07, 6.45) is -3.75. The summed E-state index contributed by atoms with van der Waals surface area (Å²) in [4.78, 5) is 0. The second kappa shape index (κ2) is 7.55. The van der Waals surface area contributed by atoms with E-state index in [9.17, 15) is 13.2 Å². The summed E-state index contributed by atoms with van der Waals surface area (Å²) < 4.78 is 39.9. The van der Waals surface area contributed by atoms with E-state index in [0.29, 0.717) is 13.0 Å². The Balaban J connectivity index is 3.78. The van der Waals surface area contributed by atoms with E-state index in [1.54, 1.807) is 6.92 Å². The van der Waals surface area contributed by atoms with Gasteiger partial charge in [-0.25, -0.2) is 0 Å². The van der Waals surface area contributed by atoms with Crippen LogP contribution < -0.4 is 5.32 Å². The van der Waals surface area contributed by atoms with Crippen molar-refractivity contribution in [1.82, 2.24) is 5.32 Å². The first kappa shape index (κ1) is 14.3. The Hall–Kier alpha value is -0.730. The lowest BCUT2D eigenvalue weighted by atomic mass is 10.2. The molecule has 0 aliphatic heterocycles. The second-order valence-corrected chi connectivity index (χ2v) is 3.02. The summed E-state index contributed by atoms with van der Waals surface area (Å²) in [5, 5.41) is 3.01. The number of halogens is 3. The third kappa shape index (κ3) is 9.57. The van der Waals surface area contributed by atoms with Crippen LogP contribution in [0.1, 0.15) is 20.3 Å². The summed E-state index contributed by atoms with van der Waals surface area (Å²) in [7, 11) is 0. The van der Waals surface area contributed by atoms with Crippen LogP contribution in [0.4, 0.5) is 13.2 Å². The number of rotatable bonds is 6. The van der Waals surface area contributed by atoms with Crippen LogP contribution >= 0.6 is 0 Å². The van der Waals surface area contributed by atoms with Gasteiger partial charge in [-0.3, -0.25) is 0 Å². The fraction of sp³-hybridized carbons (Fsp3) is 0.800. The van der Waals surface area contributed by atoms with E-state index >= 15 is 0 Å². The molecule has 1 unspecified atom stereocenters. The first-order valence-electron chi connectivity index (χ1n) is 4.77. The highest BCUT2D eigenvalue weighted by Gasteiger charge is 2.27. The molecule has 0 aromatic heterocycles. The SMILES string of the molecule is CC#CCC(COCC(F)(F)F)NCC. The third-order valence-electron chi connectivity index (χ3n) is 1.60. The lowest BCUT2D eigenvalue weighted by Crippen LogP contribution is -2.34. The first-order chi connectivity index (χ1) is 6.99. The van der Waals surface area contributed by atoms with Crippen molar-refractivity contribution in [3.63, 3.8) is 0 Å². The molecule has 0 saturated carbocycles. The van der Waals surface area contributed by atoms with Crippen molar-refractivity contribution in [2.45, 2.75) is 32.5 Å². The van der Waals surface area contributed by atoms with Crippen LogP contribution in [0.25, 0.3) is 0 Å². The largest absolute Gasteiger partial charge is 0.411 e. The Morgan fingerprint density at radius 1 is 1.40 bits per heavy atom. The molecule has 0 fully saturated rings. The minimum Gasteiger partial charge on any atom is -0.370 e. The molecule has 0 radical (unpaired) electrons. The van der Waals surface area contributed by atoms with Crippen LogP contribution in [0.3, 0.4) is 0 Å². The molecule has 0 heterocycles. The van der Waals surface area contributed by atoms with Gasteiger partial charge in [0.2, 0.25) is 0 Å². The molecule has 0 bridgehead atoms. The van der Waals surface area contributed by atoms with Crippen molar-refractivity contribution >= 4 is 0 Å². The minimum absolute atomic E-state index is 0.0298. The van der Waals surface area contributed by atoms with Gasteiger partial charge in [0.05, 0.1) is 6.61 Å². The normalized spacial score (nSPS) is 13.1. The Labute approximate surface area is 88.2 Å². The van der Waals surface area contributed by atoms with Crippen molar-refractivity contribution < 1.29 is 17.9 Å². The first-order valence-corrected chi connectivity index (χ1v) is 4.77. The Morgan fingerprint density at radius 3 is 2.53 bits per heavy atom. The molecular formula is C10H16F3NO. The average Bonchev–Trinajstić information content (AvgIpc) is 2.12. The molecule has 0 saturated heterocycles. The summed E-state index contributed by atoms with van der Waals surface area (Å²) in [5.74, 6) is 5.50. The summed E-state index contributed by atoms with van der Waals surface area (Å²) in [6, 6.07) is -0.134. The molecule has 0 aliphatic carbocycles. The van der Waals surface area contributed by atoms with Gasteiger partial charge in [-0.05, 0) is 13.5 Å². The van der Waals surface area contributed by atoms with Crippen LogP contribution in [0.2, 0.25) is 0 Å². The van der Waals surface area contributed by atoms with Crippen molar-refractivity contribution in [2.24, 2.45) is 0 Å². The number of nitrogens with one attached hydrogen (secondary N) is 1. The topological polar surface area (TPSA) is 21.3 Å². The van der Waals surface area contributed by atoms with Gasteiger partial charge >= 0.3 is 6.18 Å². The lowest BCUT2D eigenvalue weighted by Gasteiger charge is -2.16. The molecule has 0 aromatic carbocycles. The molecular weight excluding hydrogens is 207 g/mol. The van der Waals surface area contributed by atoms with Crippen LogP contribution in [-0.2, 0) is 4.74 Å². The van der Waals surface area contributed by atoms with E-state index in [-0.39, 0.29) is 12.6 Å². The molecule has 88 valence electrons. The second-order valence-electron chi connectivity index (χ2n) is 3.02. The summed E-state index contributed by atoms with van der Waals surface area (Å²) in [5.41, 5.74) is 0. The van der Waals surface area contributed by atoms with Gasteiger partial charge in [0, 0.05) is 12.5 Å². The summed E-state index contributed by atoms with van der Waals surface area (Å²) >= 11 is 0. The maximum Gasteiger partial charge on any atom is 0.411 e. The van der Waals surface area contributed by atoms with Gasteiger partial charge in [-0.15, -0.1) is 11.8 Å². The van der Waals surface area contributed by atoms with Crippen LogP contribution in [0.15, 0.2) is 0 Å². The van der Waals surface area contributed by atoms with Crippen LogP contribution in [0.5, 0.6) is 0 Å². The van der Waals surface area contributed by atoms with Crippen molar-refractivity contribution in [3.8, 4) is 11.8 Å². The molecule has 15 heavy (non-hydrogen) atoms. The van der Waals surface area contributed by atoms with E-state index in [0.717, 1.165) is 0 Å². The highest BCUT2D eigenvalue weighted by Crippen LogP contribution is 2.14. The van der Waals surface area contributed by atoms with E-state index in [4.69, 9.17) is 0 Å². The molecule has 2 nitrogen and oxygen atoms in total. The monoisotopic (exact) mass is 223 g/mol. The zero-order chi connectivity index (χ0) is 11.7. The Bertz CT molecular complexity index is 217. The number of likely N-dealkylation sites (N-methyl/N-ethyl adjacent to an activating group) is 1. The zero-order valence-electron chi connectivity index (χ0n) is 8.95. The van der Waals surface area contributed by atoms with Crippen molar-refractivity contribution in [1.29, 1.82) is 0 Å². The van der Waals surface area contributed by atoms with Gasteiger partial charge in [0.25, 0.3) is 0 Å². The fourth-order valence-electron chi connectivity index (χ4n) is 1.02. The highest BCUT2D eigenvalue weighted by molar-refractivity contribution is 4.98. The maximum atomic E-state index is 11.8. The average molecular weight is 223 g/mol. The lowest BCUT2D eigenvalue weighted by molar-refractivity contribution is -0.175. The minimum atomic E-state index is -4.26. The molecule has 1 atom stereocenters. The van der Waals surface area contributed by atoms with Gasteiger partial charge < -0.3 is 10.1 Å². The Kier molecular flexibility index (Phi) is 7.18. The molecule has 1 N–H and O–H groups in total. The molecule has 0 aromatic rings. The predicted molar refractivity (Wildman–Crippen MR) is 52.4 cm³/mol. The van der Waals surface area contributed by atoms with Gasteiger partial charge in [-0.2, -0.15) is 13.2 Å². The summed E-state index contributed by atoms with van der Waals surface area (Å²) in [6.45, 7) is 3.09. The molecule has 0 amide bonds. The van der Waals surface area contributed by atoms with Crippen molar-refractivity contribution in [2.75, 3.05) is 19.8 Å². The number of alkyl halides is 3. The standard InChI is InChI=1S/C10H16F3NO/c1-3-5-6-9(14-4-2)7-15-8-10(11,12)13/h9,14H,4,6-8H2,1-2H3. The maximum absolute atomic E-state index is 11.8. The molecule has 0 spiro atoms. The zero-order valence-corrected chi connectivity index (χ0v) is 8.95. The molecule has 5 heteroatoms. The van der Waals surface area contributed by atoms with Gasteiger partial charge in [0.1, 0.15) is 6.61 Å². The van der Waals surface area contributed by atoms with Crippen molar-refractivity contribution in [3.05, 3.63) is 0 Å². The van der Waals surface area contributed by atoms with Crippen LogP contribution in [-0.4, -0.2) is 32.0 Å². The quantitative estimate of drug-likeness (QED) is 0.695. The highest BCUT2D eigenvalue weighted by atomic mass is 19.4. The van der Waals surface area contributed by atoms with E-state index in [1.165, 1.54) is 0 Å². The Morgan fingerprint density at radius 2 is 2.07 bits per heavy atom. The van der Waals surface area contributed by atoms with Crippen LogP contribution in [0, 0.1) is 11.8 Å². The van der Waals surface area contributed by atoms with Gasteiger partial charge in [0.15, 0.2) is 0 Å².